The van der Waals surface area contributed by atoms with Crippen LogP contribution in [0.4, 0.5) is 4.79 Å². The van der Waals surface area contributed by atoms with Crippen LogP contribution in [0.5, 0.6) is 11.5 Å². The van der Waals surface area contributed by atoms with Gasteiger partial charge in [-0.1, -0.05) is 30.7 Å². The third kappa shape index (κ3) is 4.13. The fraction of sp³-hybridized carbons (Fsp3) is 0.238. The van der Waals surface area contributed by atoms with E-state index in [0.717, 1.165) is 5.01 Å². The smallest absolute Gasteiger partial charge is 0.346 e. The van der Waals surface area contributed by atoms with Crippen molar-refractivity contribution in [1.29, 1.82) is 0 Å². The van der Waals surface area contributed by atoms with Crippen molar-refractivity contribution in [1.82, 2.24) is 10.3 Å². The van der Waals surface area contributed by atoms with Crippen molar-refractivity contribution in [2.75, 3.05) is 7.11 Å². The van der Waals surface area contributed by atoms with Crippen molar-refractivity contribution in [3.05, 3.63) is 58.6 Å². The topological polar surface area (TPSA) is 97.3 Å². The first kappa shape index (κ1) is 21.3. The number of rotatable bonds is 6. The lowest BCUT2D eigenvalue weighted by Gasteiger charge is -2.17. The summed E-state index contributed by atoms with van der Waals surface area (Å²) in [6.07, 6.45) is 1.80. The van der Waals surface area contributed by atoms with Crippen LogP contribution >= 0.6 is 11.6 Å². The Bertz CT molecular complexity index is 1040. The molecule has 0 radical (unpaired) electrons. The van der Waals surface area contributed by atoms with Crippen LogP contribution in [0, 0.1) is 0 Å². The molecule has 2 aromatic carbocycles. The molecule has 9 heteroatoms. The summed E-state index contributed by atoms with van der Waals surface area (Å²) in [5.41, 5.74) is -0.206. The molecule has 0 saturated carbocycles. The molecular weight excluding hydrogens is 410 g/mol. The van der Waals surface area contributed by atoms with Crippen molar-refractivity contribution < 1.29 is 23.9 Å². The van der Waals surface area contributed by atoms with Gasteiger partial charge in [0, 0.05) is 0 Å². The number of nitrogens with one attached hydrogen (secondary N) is 1. The summed E-state index contributed by atoms with van der Waals surface area (Å²) in [6, 6.07) is 10.7. The molecule has 1 aliphatic rings. The van der Waals surface area contributed by atoms with E-state index in [1.165, 1.54) is 19.4 Å². The normalized spacial score (nSPS) is 18.6. The number of hydrazone groups is 1. The van der Waals surface area contributed by atoms with E-state index in [4.69, 9.17) is 21.1 Å². The van der Waals surface area contributed by atoms with Gasteiger partial charge < -0.3 is 14.8 Å². The summed E-state index contributed by atoms with van der Waals surface area (Å²) < 4.78 is 10.7. The first-order valence-corrected chi connectivity index (χ1v) is 9.52. The Balaban J connectivity index is 1.78. The number of carbonyl (C=O) groups is 3. The molecule has 1 fully saturated rings. The number of carbonyl (C=O) groups excluding carboxylic acids is 3. The van der Waals surface area contributed by atoms with Crippen molar-refractivity contribution >= 4 is 35.7 Å². The van der Waals surface area contributed by atoms with Gasteiger partial charge in [-0.25, -0.2) is 9.59 Å². The second kappa shape index (κ2) is 8.54. The van der Waals surface area contributed by atoms with Gasteiger partial charge in [0.05, 0.1) is 23.9 Å². The van der Waals surface area contributed by atoms with Gasteiger partial charge in [0.25, 0.3) is 5.91 Å². The Morgan fingerprint density at radius 3 is 2.60 bits per heavy atom. The van der Waals surface area contributed by atoms with Crippen LogP contribution in [0.2, 0.25) is 5.02 Å². The minimum absolute atomic E-state index is 0.188. The van der Waals surface area contributed by atoms with Crippen molar-refractivity contribution in [3.8, 4) is 11.5 Å². The zero-order valence-corrected chi connectivity index (χ0v) is 17.4. The SMILES string of the molecule is CC[C@]1(C)NC(=O)N(N=Cc2ccc(OC(=O)c3ccccc3Cl)c(OC)c2)C1=O. The van der Waals surface area contributed by atoms with Crippen LogP contribution in [0.1, 0.15) is 36.2 Å². The number of benzene rings is 2. The summed E-state index contributed by atoms with van der Waals surface area (Å²) in [4.78, 5) is 36.8. The second-order valence-electron chi connectivity index (χ2n) is 6.76. The van der Waals surface area contributed by atoms with Gasteiger partial charge in [0.15, 0.2) is 11.5 Å². The highest BCUT2D eigenvalue weighted by atomic mass is 35.5. The molecule has 3 rings (SSSR count). The van der Waals surface area contributed by atoms with Crippen molar-refractivity contribution in [2.24, 2.45) is 5.10 Å². The second-order valence-corrected chi connectivity index (χ2v) is 7.16. The number of imide groups is 1. The summed E-state index contributed by atoms with van der Waals surface area (Å²) in [7, 11) is 1.42. The maximum absolute atomic E-state index is 12.4. The van der Waals surface area contributed by atoms with Gasteiger partial charge in [0.2, 0.25) is 0 Å². The third-order valence-electron chi connectivity index (χ3n) is 4.75. The molecule has 30 heavy (non-hydrogen) atoms. The van der Waals surface area contributed by atoms with Crippen LogP contribution < -0.4 is 14.8 Å². The number of methoxy groups -OCH3 is 1. The lowest BCUT2D eigenvalue weighted by molar-refractivity contribution is -0.130. The van der Waals surface area contributed by atoms with Gasteiger partial charge in [-0.05, 0) is 49.2 Å². The molecule has 156 valence electrons. The predicted molar refractivity (Wildman–Crippen MR) is 111 cm³/mol. The van der Waals surface area contributed by atoms with E-state index in [2.05, 4.69) is 10.4 Å². The van der Waals surface area contributed by atoms with Gasteiger partial charge in [0.1, 0.15) is 5.54 Å². The van der Waals surface area contributed by atoms with Crippen LogP contribution in [0.15, 0.2) is 47.6 Å². The molecule has 1 aliphatic heterocycles. The molecule has 1 N–H and O–H groups in total. The van der Waals surface area contributed by atoms with E-state index in [-0.39, 0.29) is 22.1 Å². The zero-order valence-electron chi connectivity index (χ0n) is 16.6. The largest absolute Gasteiger partial charge is 0.493 e. The minimum atomic E-state index is -0.969. The standard InChI is InChI=1S/C21H20ClN3O5/c1-4-21(2)19(27)25(20(28)24-21)23-12-13-9-10-16(17(11-13)29-3)30-18(26)14-7-5-6-8-15(14)22/h5-12H,4H2,1-3H3,(H,24,28)/t21-/m0/s1. The van der Waals surface area contributed by atoms with Crippen molar-refractivity contribution in [2.45, 2.75) is 25.8 Å². The van der Waals surface area contributed by atoms with E-state index in [0.29, 0.717) is 12.0 Å². The maximum Gasteiger partial charge on any atom is 0.346 e. The molecule has 3 amide bonds. The molecule has 1 heterocycles. The fourth-order valence-corrected chi connectivity index (χ4v) is 2.98. The molecule has 0 aromatic heterocycles. The van der Waals surface area contributed by atoms with Gasteiger partial charge >= 0.3 is 12.0 Å². The number of amides is 3. The molecule has 1 saturated heterocycles. The number of ether oxygens (including phenoxy) is 2. The summed E-state index contributed by atoms with van der Waals surface area (Å²) in [5.74, 6) is -0.593. The lowest BCUT2D eigenvalue weighted by Crippen LogP contribution is -2.42. The molecular formula is C21H20ClN3O5. The highest BCUT2D eigenvalue weighted by Crippen LogP contribution is 2.29. The van der Waals surface area contributed by atoms with Crippen LogP contribution in [-0.4, -0.2) is 41.8 Å². The van der Waals surface area contributed by atoms with Crippen molar-refractivity contribution in [3.63, 3.8) is 0 Å². The molecule has 0 bridgehead atoms. The number of esters is 1. The predicted octanol–water partition coefficient (Wildman–Crippen LogP) is 3.62. The van der Waals surface area contributed by atoms with Crippen LogP contribution in [-0.2, 0) is 4.79 Å². The highest BCUT2D eigenvalue weighted by molar-refractivity contribution is 6.33. The minimum Gasteiger partial charge on any atom is -0.493 e. The Morgan fingerprint density at radius 1 is 1.23 bits per heavy atom. The molecule has 2 aromatic rings. The maximum atomic E-state index is 12.4. The summed E-state index contributed by atoms with van der Waals surface area (Å²) >= 11 is 6.03. The number of hydrogen-bond acceptors (Lipinski definition) is 6. The molecule has 0 spiro atoms. The Labute approximate surface area is 178 Å². The monoisotopic (exact) mass is 429 g/mol. The Morgan fingerprint density at radius 2 is 1.97 bits per heavy atom. The molecule has 0 aliphatic carbocycles. The number of hydrogen-bond donors (Lipinski definition) is 1. The number of halogens is 1. The van der Waals surface area contributed by atoms with E-state index in [1.807, 2.05) is 0 Å². The number of nitrogens with zero attached hydrogens (tertiary/aromatic N) is 2. The first-order chi connectivity index (χ1) is 14.3. The third-order valence-corrected chi connectivity index (χ3v) is 5.08. The summed E-state index contributed by atoms with van der Waals surface area (Å²) in [6.45, 7) is 3.45. The first-order valence-electron chi connectivity index (χ1n) is 9.14. The zero-order chi connectivity index (χ0) is 21.9. The van der Waals surface area contributed by atoms with E-state index in [1.54, 1.807) is 50.2 Å². The van der Waals surface area contributed by atoms with Crippen LogP contribution in [0.3, 0.4) is 0 Å². The average Bonchev–Trinajstić information content (AvgIpc) is 2.96. The average molecular weight is 430 g/mol. The van der Waals surface area contributed by atoms with E-state index < -0.39 is 23.4 Å². The Kier molecular flexibility index (Phi) is 6.07. The fourth-order valence-electron chi connectivity index (χ4n) is 2.77. The molecule has 0 unspecified atom stereocenters. The lowest BCUT2D eigenvalue weighted by atomic mass is 10.00. The van der Waals surface area contributed by atoms with Gasteiger partial charge in [-0.15, -0.1) is 5.01 Å². The quantitative estimate of drug-likeness (QED) is 0.327. The Hall–Kier alpha value is -3.39. The van der Waals surface area contributed by atoms with Gasteiger partial charge in [-0.3, -0.25) is 4.79 Å². The van der Waals surface area contributed by atoms with E-state index in [9.17, 15) is 14.4 Å². The molecule has 1 atom stereocenters. The highest BCUT2D eigenvalue weighted by Gasteiger charge is 2.46. The number of urea groups is 1. The molecule has 8 nitrogen and oxygen atoms in total. The van der Waals surface area contributed by atoms with E-state index >= 15 is 0 Å². The summed E-state index contributed by atoms with van der Waals surface area (Å²) in [5, 5.41) is 7.68. The van der Waals surface area contributed by atoms with Gasteiger partial charge in [-0.2, -0.15) is 5.10 Å². The van der Waals surface area contributed by atoms with Crippen LogP contribution in [0.25, 0.3) is 0 Å².